The van der Waals surface area contributed by atoms with Crippen molar-refractivity contribution in [2.75, 3.05) is 23.7 Å². The summed E-state index contributed by atoms with van der Waals surface area (Å²) in [6.07, 6.45) is 2.27. The summed E-state index contributed by atoms with van der Waals surface area (Å²) in [7, 11) is 0. The molecule has 2 heterocycles. The van der Waals surface area contributed by atoms with Crippen LogP contribution in [0.5, 0.6) is 0 Å². The van der Waals surface area contributed by atoms with E-state index in [2.05, 4.69) is 20.6 Å². The Morgan fingerprint density at radius 1 is 0.900 bits per heavy atom. The summed E-state index contributed by atoms with van der Waals surface area (Å²) >= 11 is 0. The molecule has 3 amide bonds. The van der Waals surface area contributed by atoms with E-state index in [-0.39, 0.29) is 23.2 Å². The summed E-state index contributed by atoms with van der Waals surface area (Å²) in [5.74, 6) is -1.55. The number of carbonyl (C=O) groups is 3. The number of carbonyl (C=O) groups excluding carboxylic acids is 3. The minimum absolute atomic E-state index is 0.0283. The molecule has 0 radical (unpaired) electrons. The van der Waals surface area contributed by atoms with Crippen molar-refractivity contribution in [3.63, 3.8) is 0 Å². The first-order valence-electron chi connectivity index (χ1n) is 9.32. The summed E-state index contributed by atoms with van der Waals surface area (Å²) in [4.78, 5) is 45.4. The Labute approximate surface area is 171 Å². The molecule has 8 nitrogen and oxygen atoms in total. The van der Waals surface area contributed by atoms with Crippen molar-refractivity contribution in [3.05, 3.63) is 77.6 Å². The number of amides is 3. The van der Waals surface area contributed by atoms with Gasteiger partial charge in [-0.15, -0.1) is 0 Å². The molecule has 0 atom stereocenters. The molecule has 152 valence electrons. The van der Waals surface area contributed by atoms with Crippen molar-refractivity contribution in [3.8, 4) is 0 Å². The second kappa shape index (κ2) is 8.16. The molecule has 0 spiro atoms. The van der Waals surface area contributed by atoms with Gasteiger partial charge in [-0.1, -0.05) is 0 Å². The Kier molecular flexibility index (Phi) is 5.25. The lowest BCUT2D eigenvalue weighted by molar-refractivity contribution is 0.0642. The van der Waals surface area contributed by atoms with Gasteiger partial charge in [0.25, 0.3) is 17.7 Å². The minimum atomic E-state index is -0.511. The van der Waals surface area contributed by atoms with E-state index in [0.29, 0.717) is 30.0 Å². The van der Waals surface area contributed by atoms with Crippen molar-refractivity contribution in [1.82, 2.24) is 14.9 Å². The molecule has 1 saturated heterocycles. The Morgan fingerprint density at radius 3 is 2.07 bits per heavy atom. The maximum Gasteiger partial charge on any atom is 0.276 e. The number of H-pyrrole nitrogens is 1. The van der Waals surface area contributed by atoms with Crippen molar-refractivity contribution in [2.45, 2.75) is 6.42 Å². The third kappa shape index (κ3) is 4.04. The first-order valence-corrected chi connectivity index (χ1v) is 9.32. The molecule has 0 aliphatic carbocycles. The van der Waals surface area contributed by atoms with Crippen LogP contribution in [0.4, 0.5) is 15.8 Å². The second-order valence-electron chi connectivity index (χ2n) is 6.76. The van der Waals surface area contributed by atoms with Crippen LogP contribution in [-0.4, -0.2) is 45.7 Å². The lowest BCUT2D eigenvalue weighted by Gasteiger charge is -2.30. The molecule has 0 bridgehead atoms. The number of benzene rings is 2. The van der Waals surface area contributed by atoms with Gasteiger partial charge in [0.15, 0.2) is 5.69 Å². The van der Waals surface area contributed by atoms with E-state index in [1.54, 1.807) is 29.2 Å². The molecule has 0 unspecified atom stereocenters. The van der Waals surface area contributed by atoms with Crippen LogP contribution in [0.1, 0.15) is 37.8 Å². The fourth-order valence-corrected chi connectivity index (χ4v) is 2.94. The molecule has 4 rings (SSSR count). The van der Waals surface area contributed by atoms with Gasteiger partial charge >= 0.3 is 0 Å². The van der Waals surface area contributed by atoms with E-state index in [1.165, 1.54) is 30.6 Å². The number of aromatic amines is 1. The van der Waals surface area contributed by atoms with Crippen molar-refractivity contribution >= 4 is 29.1 Å². The number of anilines is 2. The SMILES string of the molecule is O=C(Nc1ccc(NC(=O)c2nc[nH]c2C(=O)N2CCC2)cc1)c1ccc(F)cc1. The first kappa shape index (κ1) is 19.3. The van der Waals surface area contributed by atoms with E-state index < -0.39 is 11.7 Å². The van der Waals surface area contributed by atoms with E-state index in [9.17, 15) is 18.8 Å². The molecule has 0 saturated carbocycles. The van der Waals surface area contributed by atoms with Crippen LogP contribution < -0.4 is 10.6 Å². The van der Waals surface area contributed by atoms with Gasteiger partial charge in [0, 0.05) is 30.0 Å². The van der Waals surface area contributed by atoms with Crippen molar-refractivity contribution in [1.29, 1.82) is 0 Å². The van der Waals surface area contributed by atoms with Crippen LogP contribution in [-0.2, 0) is 0 Å². The third-order valence-corrected chi connectivity index (χ3v) is 4.72. The predicted octanol–water partition coefficient (Wildman–Crippen LogP) is 2.90. The average molecular weight is 407 g/mol. The zero-order valence-electron chi connectivity index (χ0n) is 15.8. The molecular formula is C21H18FN5O3. The minimum Gasteiger partial charge on any atom is -0.340 e. The van der Waals surface area contributed by atoms with Crippen LogP contribution in [0.3, 0.4) is 0 Å². The van der Waals surface area contributed by atoms with Gasteiger partial charge in [-0.05, 0) is 55.0 Å². The normalized spacial score (nSPS) is 12.8. The highest BCUT2D eigenvalue weighted by molar-refractivity contribution is 6.10. The van der Waals surface area contributed by atoms with Gasteiger partial charge in [-0.2, -0.15) is 0 Å². The van der Waals surface area contributed by atoms with Crippen LogP contribution in [0.2, 0.25) is 0 Å². The Balaban J connectivity index is 1.39. The molecule has 2 aromatic carbocycles. The Hall–Kier alpha value is -4.01. The third-order valence-electron chi connectivity index (χ3n) is 4.72. The van der Waals surface area contributed by atoms with Crippen LogP contribution in [0, 0.1) is 5.82 Å². The molecule has 3 aromatic rings. The number of hydrogen-bond acceptors (Lipinski definition) is 4. The van der Waals surface area contributed by atoms with Gasteiger partial charge in [0.1, 0.15) is 11.5 Å². The van der Waals surface area contributed by atoms with E-state index in [0.717, 1.165) is 6.42 Å². The van der Waals surface area contributed by atoms with Crippen molar-refractivity contribution < 1.29 is 18.8 Å². The maximum atomic E-state index is 13.0. The van der Waals surface area contributed by atoms with E-state index in [4.69, 9.17) is 0 Å². The van der Waals surface area contributed by atoms with E-state index in [1.807, 2.05) is 0 Å². The van der Waals surface area contributed by atoms with Gasteiger partial charge < -0.3 is 20.5 Å². The Morgan fingerprint density at radius 2 is 1.50 bits per heavy atom. The van der Waals surface area contributed by atoms with Crippen LogP contribution >= 0.6 is 0 Å². The quantitative estimate of drug-likeness (QED) is 0.604. The standard InChI is InChI=1S/C21H18FN5O3/c22-14-4-2-13(3-5-14)19(28)25-15-6-8-16(9-7-15)26-20(29)17-18(24-12-23-17)21(30)27-10-1-11-27/h2-9,12H,1,10-11H2,(H,23,24)(H,25,28)(H,26,29). The number of nitrogens with one attached hydrogen (secondary N) is 3. The molecule has 1 aliphatic rings. The highest BCUT2D eigenvalue weighted by atomic mass is 19.1. The van der Waals surface area contributed by atoms with Gasteiger partial charge in [-0.25, -0.2) is 9.37 Å². The molecule has 3 N–H and O–H groups in total. The largest absolute Gasteiger partial charge is 0.340 e. The summed E-state index contributed by atoms with van der Waals surface area (Å²) in [6.45, 7) is 1.34. The first-order chi connectivity index (χ1) is 14.5. The summed E-state index contributed by atoms with van der Waals surface area (Å²) in [6, 6.07) is 11.7. The van der Waals surface area contributed by atoms with E-state index >= 15 is 0 Å². The number of hydrogen-bond donors (Lipinski definition) is 3. The average Bonchev–Trinajstić information content (AvgIpc) is 3.19. The second-order valence-corrected chi connectivity index (χ2v) is 6.76. The van der Waals surface area contributed by atoms with Gasteiger partial charge in [0.05, 0.1) is 6.33 Å². The highest BCUT2D eigenvalue weighted by Gasteiger charge is 2.27. The monoisotopic (exact) mass is 407 g/mol. The lowest BCUT2D eigenvalue weighted by Crippen LogP contribution is -2.42. The smallest absolute Gasteiger partial charge is 0.276 e. The highest BCUT2D eigenvalue weighted by Crippen LogP contribution is 2.18. The molecule has 30 heavy (non-hydrogen) atoms. The predicted molar refractivity (Wildman–Crippen MR) is 108 cm³/mol. The molecule has 1 aromatic heterocycles. The molecule has 9 heteroatoms. The molecular weight excluding hydrogens is 389 g/mol. The number of imidazole rings is 1. The maximum absolute atomic E-state index is 13.0. The number of aromatic nitrogens is 2. The molecule has 1 aliphatic heterocycles. The van der Waals surface area contributed by atoms with Crippen LogP contribution in [0.25, 0.3) is 0 Å². The fraction of sp³-hybridized carbons (Fsp3) is 0.143. The summed E-state index contributed by atoms with van der Waals surface area (Å²) in [5.41, 5.74) is 1.50. The van der Waals surface area contributed by atoms with Gasteiger partial charge in [0.2, 0.25) is 0 Å². The number of nitrogens with zero attached hydrogens (tertiary/aromatic N) is 2. The topological polar surface area (TPSA) is 107 Å². The van der Waals surface area contributed by atoms with Crippen LogP contribution in [0.15, 0.2) is 54.9 Å². The number of halogens is 1. The zero-order chi connectivity index (χ0) is 21.1. The number of likely N-dealkylation sites (tertiary alicyclic amines) is 1. The van der Waals surface area contributed by atoms with Gasteiger partial charge in [-0.3, -0.25) is 14.4 Å². The Bertz CT molecular complexity index is 1090. The lowest BCUT2D eigenvalue weighted by atomic mass is 10.2. The fourth-order valence-electron chi connectivity index (χ4n) is 2.94. The molecule has 1 fully saturated rings. The van der Waals surface area contributed by atoms with Crippen molar-refractivity contribution in [2.24, 2.45) is 0 Å². The zero-order valence-corrected chi connectivity index (χ0v) is 15.8. The number of rotatable bonds is 5. The summed E-state index contributed by atoms with van der Waals surface area (Å²) < 4.78 is 13.0. The summed E-state index contributed by atoms with van der Waals surface area (Å²) in [5, 5.41) is 5.38.